The maximum absolute atomic E-state index is 13.7. The van der Waals surface area contributed by atoms with Gasteiger partial charge in [0.15, 0.2) is 5.16 Å². The molecule has 0 aliphatic heterocycles. The lowest BCUT2D eigenvalue weighted by atomic mass is 10.2. The predicted molar refractivity (Wildman–Crippen MR) is 145 cm³/mol. The zero-order valence-electron chi connectivity index (χ0n) is 20.8. The molecular weight excluding hydrogens is 492 g/mol. The molecule has 9 nitrogen and oxygen atoms in total. The fourth-order valence-corrected chi connectivity index (χ4v) is 4.59. The topological polar surface area (TPSA) is 112 Å². The Labute approximate surface area is 217 Å². The van der Waals surface area contributed by atoms with Crippen molar-refractivity contribution in [3.8, 4) is 17.2 Å². The van der Waals surface area contributed by atoms with Crippen LogP contribution in [0.3, 0.4) is 0 Å². The van der Waals surface area contributed by atoms with E-state index in [2.05, 4.69) is 10.6 Å². The van der Waals surface area contributed by atoms with Crippen LogP contribution in [0.15, 0.2) is 76.7 Å². The number of aromatic nitrogens is 2. The number of ether oxygens (including phenoxy) is 2. The molecule has 4 rings (SSSR count). The normalized spacial score (nSPS) is 11.6. The number of benzene rings is 3. The van der Waals surface area contributed by atoms with Gasteiger partial charge in [-0.1, -0.05) is 23.9 Å². The summed E-state index contributed by atoms with van der Waals surface area (Å²) in [6.07, 6.45) is 0. The van der Waals surface area contributed by atoms with Crippen molar-refractivity contribution in [2.24, 2.45) is 0 Å². The van der Waals surface area contributed by atoms with Crippen molar-refractivity contribution in [2.75, 3.05) is 24.9 Å². The third-order valence-electron chi connectivity index (χ3n) is 5.50. The highest BCUT2D eigenvalue weighted by atomic mass is 32.2. The molecule has 4 aromatic rings. The number of amides is 2. The number of fused-ring (bicyclic) bond motifs is 1. The number of nitrogens with one attached hydrogen (secondary N) is 2. The molecular formula is C27H26N4O5S. The number of carbonyl (C=O) groups is 2. The zero-order chi connectivity index (χ0) is 26.5. The van der Waals surface area contributed by atoms with E-state index in [1.54, 1.807) is 73.7 Å². The fraction of sp³-hybridized carbons (Fsp3) is 0.185. The molecule has 2 N–H and O–H groups in total. The third-order valence-corrected chi connectivity index (χ3v) is 6.55. The summed E-state index contributed by atoms with van der Waals surface area (Å²) in [7, 11) is 3.06. The molecule has 10 heteroatoms. The number of rotatable bonds is 8. The SMILES string of the molecule is COc1ccc(OC)c(-n2c(S[C@H](C)C(=O)Nc3ccc(NC(C)=O)cc3)nc3ccccc3c2=O)c1. The molecule has 0 saturated carbocycles. The quantitative estimate of drug-likeness (QED) is 0.261. The van der Waals surface area contributed by atoms with Gasteiger partial charge >= 0.3 is 0 Å². The molecule has 0 saturated heterocycles. The Hall–Kier alpha value is -4.31. The zero-order valence-corrected chi connectivity index (χ0v) is 21.6. The summed E-state index contributed by atoms with van der Waals surface area (Å²) in [4.78, 5) is 42.6. The molecule has 0 unspecified atom stereocenters. The van der Waals surface area contributed by atoms with Crippen molar-refractivity contribution in [3.63, 3.8) is 0 Å². The second-order valence-electron chi connectivity index (χ2n) is 8.10. The number of nitrogens with zero attached hydrogens (tertiary/aromatic N) is 2. The molecule has 1 heterocycles. The lowest BCUT2D eigenvalue weighted by molar-refractivity contribution is -0.115. The third kappa shape index (κ3) is 5.75. The van der Waals surface area contributed by atoms with E-state index in [0.717, 1.165) is 11.8 Å². The van der Waals surface area contributed by atoms with Gasteiger partial charge in [0.25, 0.3) is 5.56 Å². The molecule has 190 valence electrons. The average molecular weight is 519 g/mol. The minimum atomic E-state index is -0.606. The highest BCUT2D eigenvalue weighted by Crippen LogP contribution is 2.32. The minimum absolute atomic E-state index is 0.177. The van der Waals surface area contributed by atoms with E-state index < -0.39 is 5.25 Å². The molecule has 0 spiro atoms. The molecule has 0 fully saturated rings. The predicted octanol–water partition coefficient (Wildman–Crippen LogP) is 4.48. The van der Waals surface area contributed by atoms with Gasteiger partial charge in [-0.15, -0.1) is 0 Å². The number of anilines is 2. The maximum Gasteiger partial charge on any atom is 0.266 e. The van der Waals surface area contributed by atoms with Gasteiger partial charge in [-0.05, 0) is 55.5 Å². The molecule has 2 amide bonds. The van der Waals surface area contributed by atoms with E-state index in [9.17, 15) is 14.4 Å². The monoisotopic (exact) mass is 518 g/mol. The Morgan fingerprint density at radius 1 is 0.946 bits per heavy atom. The maximum atomic E-state index is 13.7. The molecule has 37 heavy (non-hydrogen) atoms. The largest absolute Gasteiger partial charge is 0.497 e. The summed E-state index contributed by atoms with van der Waals surface area (Å²) in [5, 5.41) is 5.71. The standard InChI is InChI=1S/C27H26N4O5S/c1-16(25(33)29-19-11-9-18(10-12-19)28-17(2)32)37-27-30-22-8-6-5-7-21(22)26(34)31(27)23-15-20(35-3)13-14-24(23)36-4/h5-16H,1-4H3,(H,28,32)(H,29,33)/t16-/m1/s1. The van der Waals surface area contributed by atoms with E-state index in [0.29, 0.717) is 44.6 Å². The fourth-order valence-electron chi connectivity index (χ4n) is 3.67. The van der Waals surface area contributed by atoms with Crippen molar-refractivity contribution >= 4 is 45.9 Å². The van der Waals surface area contributed by atoms with Crippen LogP contribution in [0.5, 0.6) is 11.5 Å². The van der Waals surface area contributed by atoms with Gasteiger partial charge in [0.1, 0.15) is 11.5 Å². The number of carbonyl (C=O) groups excluding carboxylic acids is 2. The van der Waals surface area contributed by atoms with Crippen molar-refractivity contribution in [1.82, 2.24) is 9.55 Å². The second-order valence-corrected chi connectivity index (χ2v) is 9.41. The molecule has 1 atom stereocenters. The van der Waals surface area contributed by atoms with E-state index in [1.807, 2.05) is 0 Å². The lowest BCUT2D eigenvalue weighted by Crippen LogP contribution is -2.26. The van der Waals surface area contributed by atoms with Crippen LogP contribution in [0.2, 0.25) is 0 Å². The molecule has 0 aliphatic carbocycles. The van der Waals surface area contributed by atoms with E-state index in [1.165, 1.54) is 25.7 Å². The van der Waals surface area contributed by atoms with Crippen LogP contribution in [-0.2, 0) is 9.59 Å². The van der Waals surface area contributed by atoms with Crippen LogP contribution >= 0.6 is 11.8 Å². The van der Waals surface area contributed by atoms with Crippen LogP contribution in [0.4, 0.5) is 11.4 Å². The van der Waals surface area contributed by atoms with Gasteiger partial charge in [-0.25, -0.2) is 4.98 Å². The summed E-state index contributed by atoms with van der Waals surface area (Å²) >= 11 is 1.15. The van der Waals surface area contributed by atoms with Crippen LogP contribution in [-0.4, -0.2) is 40.8 Å². The van der Waals surface area contributed by atoms with E-state index in [-0.39, 0.29) is 17.4 Å². The van der Waals surface area contributed by atoms with Crippen LogP contribution < -0.4 is 25.7 Å². The van der Waals surface area contributed by atoms with Crippen molar-refractivity contribution < 1.29 is 19.1 Å². The first-order valence-corrected chi connectivity index (χ1v) is 12.3. The highest BCUT2D eigenvalue weighted by molar-refractivity contribution is 8.00. The van der Waals surface area contributed by atoms with Crippen LogP contribution in [0.25, 0.3) is 16.6 Å². The first kappa shape index (κ1) is 25.8. The smallest absolute Gasteiger partial charge is 0.266 e. The van der Waals surface area contributed by atoms with Gasteiger partial charge in [0, 0.05) is 24.4 Å². The Bertz CT molecular complexity index is 1520. The summed E-state index contributed by atoms with van der Waals surface area (Å²) in [6.45, 7) is 3.16. The molecule has 0 radical (unpaired) electrons. The second kappa shape index (κ2) is 11.2. The van der Waals surface area contributed by atoms with Crippen molar-refractivity contribution in [1.29, 1.82) is 0 Å². The Kier molecular flexibility index (Phi) is 7.78. The van der Waals surface area contributed by atoms with Gasteiger partial charge in [0.05, 0.1) is 36.1 Å². The lowest BCUT2D eigenvalue weighted by Gasteiger charge is -2.18. The summed E-state index contributed by atoms with van der Waals surface area (Å²) in [6, 6.07) is 19.0. The average Bonchev–Trinajstić information content (AvgIpc) is 2.89. The van der Waals surface area contributed by atoms with Gasteiger partial charge in [0.2, 0.25) is 11.8 Å². The van der Waals surface area contributed by atoms with E-state index >= 15 is 0 Å². The van der Waals surface area contributed by atoms with Crippen molar-refractivity contribution in [3.05, 3.63) is 77.1 Å². The Balaban J connectivity index is 1.69. The van der Waals surface area contributed by atoms with Gasteiger partial charge < -0.3 is 20.1 Å². The number of methoxy groups -OCH3 is 2. The summed E-state index contributed by atoms with van der Waals surface area (Å²) in [5.41, 5.74) is 1.89. The number of para-hydroxylation sites is 1. The molecule has 1 aromatic heterocycles. The molecule has 3 aromatic carbocycles. The Morgan fingerprint density at radius 3 is 2.27 bits per heavy atom. The van der Waals surface area contributed by atoms with Crippen molar-refractivity contribution in [2.45, 2.75) is 24.3 Å². The summed E-state index contributed by atoms with van der Waals surface area (Å²) < 4.78 is 12.3. The van der Waals surface area contributed by atoms with Crippen LogP contribution in [0.1, 0.15) is 13.8 Å². The summed E-state index contributed by atoms with van der Waals surface area (Å²) in [5.74, 6) is 0.547. The molecule has 0 aliphatic rings. The first-order valence-electron chi connectivity index (χ1n) is 11.4. The van der Waals surface area contributed by atoms with E-state index in [4.69, 9.17) is 14.5 Å². The highest BCUT2D eigenvalue weighted by Gasteiger charge is 2.22. The first-order chi connectivity index (χ1) is 17.8. The van der Waals surface area contributed by atoms with Gasteiger partial charge in [-0.3, -0.25) is 19.0 Å². The number of hydrogen-bond acceptors (Lipinski definition) is 7. The number of hydrogen-bond donors (Lipinski definition) is 2. The van der Waals surface area contributed by atoms with Gasteiger partial charge in [-0.2, -0.15) is 0 Å². The number of thioether (sulfide) groups is 1. The minimum Gasteiger partial charge on any atom is -0.497 e. The molecule has 0 bridgehead atoms. The Morgan fingerprint density at radius 2 is 1.62 bits per heavy atom. The van der Waals surface area contributed by atoms with Crippen LogP contribution in [0, 0.1) is 0 Å².